The highest BCUT2D eigenvalue weighted by atomic mass is 16.7. The number of esters is 1. The van der Waals surface area contributed by atoms with Crippen molar-refractivity contribution < 1.29 is 79.6 Å². The second kappa shape index (κ2) is 14.9. The van der Waals surface area contributed by atoms with Gasteiger partial charge in [0.1, 0.15) is 54.2 Å². The maximum atomic E-state index is 14.8. The van der Waals surface area contributed by atoms with Crippen molar-refractivity contribution in [2.24, 2.45) is 50.2 Å². The van der Waals surface area contributed by atoms with E-state index in [1.165, 1.54) is 0 Å². The van der Waals surface area contributed by atoms with E-state index in [1.807, 2.05) is 0 Å². The van der Waals surface area contributed by atoms with Crippen LogP contribution in [0.2, 0.25) is 0 Å². The molecule has 2 saturated heterocycles. The highest BCUT2D eigenvalue weighted by molar-refractivity contribution is 5.80. The number of hydrogen-bond donors (Lipinski definition) is 10. The summed E-state index contributed by atoms with van der Waals surface area (Å²) in [6.45, 7) is 11.3. The smallest absolute Gasteiger partial charge is 0.317 e. The van der Waals surface area contributed by atoms with Crippen LogP contribution < -0.4 is 0 Å². The fraction of sp³-hybridized carbons (Fsp3) is 0.905. The topological polar surface area (TPSA) is 273 Å². The Labute approximate surface area is 339 Å². The van der Waals surface area contributed by atoms with Gasteiger partial charge in [-0.25, -0.2) is 0 Å². The minimum atomic E-state index is -1.89. The molecule has 6 fully saturated rings. The molecule has 0 aromatic carbocycles. The first kappa shape index (κ1) is 44.3. The molecule has 2 heterocycles. The van der Waals surface area contributed by atoms with Gasteiger partial charge in [-0.1, -0.05) is 46.3 Å². The molecule has 0 amide bonds. The third-order valence-electron chi connectivity index (χ3n) is 17.3. The lowest BCUT2D eigenvalue weighted by Crippen LogP contribution is -2.69. The third-order valence-corrected chi connectivity index (χ3v) is 17.3. The van der Waals surface area contributed by atoms with Crippen molar-refractivity contribution in [3.8, 4) is 0 Å². The van der Waals surface area contributed by atoms with Gasteiger partial charge in [-0.05, 0) is 104 Å². The van der Waals surface area contributed by atoms with E-state index in [0.29, 0.717) is 44.9 Å². The van der Waals surface area contributed by atoms with Crippen LogP contribution in [0.3, 0.4) is 0 Å². The van der Waals surface area contributed by atoms with E-state index in [9.17, 15) is 60.7 Å². The molecule has 330 valence electrons. The number of carboxylic acids is 1. The van der Waals surface area contributed by atoms with Gasteiger partial charge in [-0.3, -0.25) is 9.59 Å². The molecule has 10 N–H and O–H groups in total. The van der Waals surface area contributed by atoms with Crippen molar-refractivity contribution in [2.75, 3.05) is 13.2 Å². The molecular weight excluding hydrogens is 760 g/mol. The van der Waals surface area contributed by atoms with Gasteiger partial charge in [-0.15, -0.1) is 0 Å². The van der Waals surface area contributed by atoms with Crippen LogP contribution in [0.5, 0.6) is 0 Å². The highest BCUT2D eigenvalue weighted by Crippen LogP contribution is 2.76. The van der Waals surface area contributed by atoms with Crippen molar-refractivity contribution in [3.63, 3.8) is 0 Å². The Morgan fingerprint density at radius 2 is 1.34 bits per heavy atom. The van der Waals surface area contributed by atoms with Crippen molar-refractivity contribution >= 4 is 11.9 Å². The minimum Gasteiger partial charge on any atom is -0.481 e. The van der Waals surface area contributed by atoms with Crippen molar-refractivity contribution in [1.29, 1.82) is 0 Å². The van der Waals surface area contributed by atoms with Gasteiger partial charge >= 0.3 is 11.9 Å². The Bertz CT molecular complexity index is 1620. The van der Waals surface area contributed by atoms with E-state index in [4.69, 9.17) is 18.9 Å². The summed E-state index contributed by atoms with van der Waals surface area (Å²) in [5.41, 5.74) is -3.28. The molecule has 5 aliphatic carbocycles. The van der Waals surface area contributed by atoms with Crippen LogP contribution in [0.15, 0.2) is 11.6 Å². The molecule has 16 nitrogen and oxygen atoms in total. The number of aliphatic hydroxyl groups excluding tert-OH is 9. The number of rotatable bonds is 7. The Morgan fingerprint density at radius 3 is 1.98 bits per heavy atom. The summed E-state index contributed by atoms with van der Waals surface area (Å²) in [6, 6.07) is 0. The molecule has 16 heteroatoms. The zero-order chi connectivity index (χ0) is 42.7. The molecule has 20 atom stereocenters. The molecule has 0 unspecified atom stereocenters. The average Bonchev–Trinajstić information content (AvgIpc) is 3.15. The first-order valence-corrected chi connectivity index (χ1v) is 21.1. The lowest BCUT2D eigenvalue weighted by atomic mass is 9.33. The monoisotopic (exact) mass is 826 g/mol. The molecule has 4 saturated carbocycles. The summed E-state index contributed by atoms with van der Waals surface area (Å²) < 4.78 is 22.8. The summed E-state index contributed by atoms with van der Waals surface area (Å²) in [6.07, 6.45) is -12.0. The predicted octanol–water partition coefficient (Wildman–Crippen LogP) is 0.352. The summed E-state index contributed by atoms with van der Waals surface area (Å²) in [4.78, 5) is 27.6. The summed E-state index contributed by atoms with van der Waals surface area (Å²) in [5, 5.41) is 107. The molecule has 0 aromatic heterocycles. The lowest BCUT2D eigenvalue weighted by Gasteiger charge is -2.71. The Balaban J connectivity index is 1.16. The quantitative estimate of drug-likeness (QED) is 0.123. The molecule has 58 heavy (non-hydrogen) atoms. The van der Waals surface area contributed by atoms with E-state index < -0.39 is 126 Å². The van der Waals surface area contributed by atoms with Gasteiger partial charge < -0.3 is 70.0 Å². The standard InChI is InChI=1S/C42H66O16/c1-37(2)13-14-42(36(54)58-34-32(51)30(49)28(47)22(57-34)18-55-33-31(50)29(48)27(46)21(17-43)56-33)20(15-37)19-7-8-23-38(3)11-10-25(44)41(6,35(52)53)24(38)9-12-39(23,4)40(19,5)16-26(42)45/h7,20-34,43-51H,8-18H2,1-6H3,(H,52,53)/t20-,21+,22+,23+,24+,25-,26+,27+,28+,29-,30-,31+,32+,33+,34-,38+,39+,40+,41-,42+/m0/s1. The molecule has 7 rings (SSSR count). The van der Waals surface area contributed by atoms with Crippen LogP contribution >= 0.6 is 0 Å². The second-order valence-electron chi connectivity index (χ2n) is 20.6. The number of allylic oxidation sites excluding steroid dienone is 2. The van der Waals surface area contributed by atoms with Crippen LogP contribution in [0.1, 0.15) is 99.3 Å². The zero-order valence-corrected chi connectivity index (χ0v) is 34.4. The molecule has 0 radical (unpaired) electrons. The van der Waals surface area contributed by atoms with Crippen LogP contribution in [0.25, 0.3) is 0 Å². The molecule has 0 aromatic rings. The normalized spacial score (nSPS) is 53.8. The number of hydrogen-bond acceptors (Lipinski definition) is 15. The maximum Gasteiger partial charge on any atom is 0.317 e. The van der Waals surface area contributed by atoms with Crippen LogP contribution in [0, 0.1) is 50.2 Å². The van der Waals surface area contributed by atoms with Crippen molar-refractivity contribution in [3.05, 3.63) is 11.6 Å². The molecule has 7 aliphatic rings. The highest BCUT2D eigenvalue weighted by Gasteiger charge is 2.73. The first-order valence-electron chi connectivity index (χ1n) is 21.1. The zero-order valence-electron chi connectivity index (χ0n) is 34.4. The number of carbonyl (C=O) groups is 2. The minimum absolute atomic E-state index is 0.0442. The Kier molecular flexibility index (Phi) is 11.4. The fourth-order valence-electron chi connectivity index (χ4n) is 13.4. The van der Waals surface area contributed by atoms with Gasteiger partial charge in [-0.2, -0.15) is 0 Å². The van der Waals surface area contributed by atoms with Gasteiger partial charge in [0.25, 0.3) is 0 Å². The van der Waals surface area contributed by atoms with Crippen LogP contribution in [0.4, 0.5) is 0 Å². The summed E-state index contributed by atoms with van der Waals surface area (Å²) in [7, 11) is 0. The van der Waals surface area contributed by atoms with E-state index in [0.717, 1.165) is 5.57 Å². The summed E-state index contributed by atoms with van der Waals surface area (Å²) in [5.74, 6) is -2.48. The largest absolute Gasteiger partial charge is 0.481 e. The van der Waals surface area contributed by atoms with Crippen LogP contribution in [-0.2, 0) is 28.5 Å². The van der Waals surface area contributed by atoms with E-state index in [2.05, 4.69) is 40.7 Å². The van der Waals surface area contributed by atoms with E-state index in [-0.39, 0.29) is 35.5 Å². The van der Waals surface area contributed by atoms with Crippen molar-refractivity contribution in [1.82, 2.24) is 0 Å². The fourth-order valence-corrected chi connectivity index (χ4v) is 13.4. The number of fused-ring (bicyclic) bond motifs is 7. The van der Waals surface area contributed by atoms with E-state index in [1.54, 1.807) is 6.92 Å². The SMILES string of the molecule is CC1(C)CC[C@]2(C(=O)O[C@@H]3O[C@H](CO[C@@H]4O[C@H](CO)[C@@H](O)[C@H](O)[C@H]4O)[C@@H](O)[C@H](O)[C@H]3O)[C@H](O)C[C@]3(C)C(=CC[C@@H]4[C@@]5(C)CC[C@H](O)[C@@](C)(C(=O)O)[C@@H]5CC[C@]43C)[C@@H]2C1. The third kappa shape index (κ3) is 6.29. The maximum absolute atomic E-state index is 14.8. The average molecular weight is 827 g/mol. The van der Waals surface area contributed by atoms with Gasteiger partial charge in [0.15, 0.2) is 6.29 Å². The van der Waals surface area contributed by atoms with E-state index >= 15 is 0 Å². The van der Waals surface area contributed by atoms with Gasteiger partial charge in [0.05, 0.1) is 30.8 Å². The van der Waals surface area contributed by atoms with Gasteiger partial charge in [0.2, 0.25) is 6.29 Å². The second-order valence-corrected chi connectivity index (χ2v) is 20.6. The van der Waals surface area contributed by atoms with Crippen LogP contribution in [-0.4, -0.2) is 150 Å². The Morgan fingerprint density at radius 1 is 0.724 bits per heavy atom. The summed E-state index contributed by atoms with van der Waals surface area (Å²) >= 11 is 0. The predicted molar refractivity (Wildman–Crippen MR) is 201 cm³/mol. The number of ether oxygens (including phenoxy) is 4. The molecule has 0 spiro atoms. The van der Waals surface area contributed by atoms with Crippen molar-refractivity contribution in [2.45, 2.75) is 173 Å². The number of carbonyl (C=O) groups excluding carboxylic acids is 1. The number of carboxylic acid groups (broad SMARTS) is 1. The lowest BCUT2D eigenvalue weighted by molar-refractivity contribution is -0.329. The molecular formula is C42H66O16. The number of aliphatic carboxylic acids is 1. The molecule has 2 aliphatic heterocycles. The molecule has 0 bridgehead atoms. The first-order chi connectivity index (χ1) is 26.9. The van der Waals surface area contributed by atoms with Gasteiger partial charge in [0, 0.05) is 0 Å². The Hall–Kier alpha value is -1.80. The number of aliphatic hydroxyl groups is 9.